The first kappa shape index (κ1) is 27.2. The van der Waals surface area contributed by atoms with Crippen molar-refractivity contribution < 1.29 is 28.6 Å². The molecule has 0 heterocycles. The van der Waals surface area contributed by atoms with E-state index in [1.54, 1.807) is 27.9 Å². The predicted molar refractivity (Wildman–Crippen MR) is 130 cm³/mol. The zero-order chi connectivity index (χ0) is 25.1. The van der Waals surface area contributed by atoms with E-state index in [1.807, 2.05) is 54.6 Å². The van der Waals surface area contributed by atoms with Crippen molar-refractivity contribution in [3.8, 4) is 5.75 Å². The molecule has 34 heavy (non-hydrogen) atoms. The van der Waals surface area contributed by atoms with Gasteiger partial charge in [-0.05, 0) is 0 Å². The van der Waals surface area contributed by atoms with E-state index in [0.29, 0.717) is 5.32 Å². The van der Waals surface area contributed by atoms with E-state index in [4.69, 9.17) is 14.2 Å². The Labute approximate surface area is 206 Å². The molecular weight excluding hydrogens is 503 g/mol. The third kappa shape index (κ3) is 9.08. The zero-order valence-corrected chi connectivity index (χ0v) is 21.8. The van der Waals surface area contributed by atoms with Crippen LogP contribution in [-0.4, -0.2) is 64.8 Å². The van der Waals surface area contributed by atoms with Crippen LogP contribution in [0, 0.1) is 0 Å². The van der Waals surface area contributed by atoms with Gasteiger partial charge in [-0.1, -0.05) is 0 Å². The van der Waals surface area contributed by atoms with Crippen molar-refractivity contribution >= 4 is 37.4 Å². The molecule has 0 spiro atoms. The maximum atomic E-state index is 13.2. The van der Waals surface area contributed by atoms with E-state index in [9.17, 15) is 14.4 Å². The summed E-state index contributed by atoms with van der Waals surface area (Å²) in [5.74, 6) is -0.340. The van der Waals surface area contributed by atoms with E-state index in [2.05, 4.69) is 10.6 Å². The molecule has 2 atom stereocenters. The van der Waals surface area contributed by atoms with Crippen molar-refractivity contribution in [2.45, 2.75) is 50.2 Å². The molecule has 2 aromatic rings. The fourth-order valence-corrected chi connectivity index (χ4v) is 5.20. The summed E-state index contributed by atoms with van der Waals surface area (Å²) in [7, 11) is 2.86. The average Bonchev–Trinajstić information content (AvgIpc) is 2.80. The van der Waals surface area contributed by atoms with Crippen LogP contribution in [0.3, 0.4) is 0 Å². The van der Waals surface area contributed by atoms with Crippen molar-refractivity contribution in [1.29, 1.82) is 0 Å². The minimum atomic E-state index is -0.914. The fourth-order valence-electron chi connectivity index (χ4n) is 3.00. The number of nitrogens with one attached hydrogen (secondary N) is 2. The number of hydrogen-bond acceptors (Lipinski definition) is 6. The van der Waals surface area contributed by atoms with Crippen molar-refractivity contribution in [2.24, 2.45) is 0 Å². The number of carbonyl (C=O) groups excluding carboxylic acids is 3. The summed E-state index contributed by atoms with van der Waals surface area (Å²) in [6.45, 7) is 5.23. The number of hydrogen-bond donors (Lipinski definition) is 2. The Hall–Kier alpha value is -3.03. The number of para-hydroxylation sites is 1. The van der Waals surface area contributed by atoms with Gasteiger partial charge in [0.2, 0.25) is 0 Å². The molecule has 184 valence electrons. The van der Waals surface area contributed by atoms with Gasteiger partial charge in [0.15, 0.2) is 0 Å². The molecule has 0 aliphatic heterocycles. The molecule has 0 unspecified atom stereocenters. The van der Waals surface area contributed by atoms with E-state index in [0.717, 1.165) is 15.8 Å². The van der Waals surface area contributed by atoms with Crippen LogP contribution in [0.5, 0.6) is 5.75 Å². The zero-order valence-electron chi connectivity index (χ0n) is 20.1. The van der Waals surface area contributed by atoms with Crippen molar-refractivity contribution in [3.05, 3.63) is 60.2 Å². The molecule has 0 aromatic heterocycles. The molecule has 9 heteroatoms. The van der Waals surface area contributed by atoms with Gasteiger partial charge in [0.05, 0.1) is 0 Å². The number of rotatable bonds is 10. The summed E-state index contributed by atoms with van der Waals surface area (Å²) in [6.07, 6.45) is -0.447. The van der Waals surface area contributed by atoms with E-state index < -0.39 is 35.7 Å². The molecule has 0 fully saturated rings. The summed E-state index contributed by atoms with van der Waals surface area (Å²) in [4.78, 5) is 38.1. The second-order valence-electron chi connectivity index (χ2n) is 8.43. The molecule has 2 N–H and O–H groups in total. The molecule has 0 aliphatic rings. The second-order valence-corrected chi connectivity index (χ2v) is 10.7. The van der Waals surface area contributed by atoms with Gasteiger partial charge in [-0.25, -0.2) is 0 Å². The Morgan fingerprint density at radius 2 is 1.56 bits per heavy atom. The summed E-state index contributed by atoms with van der Waals surface area (Å²) in [5.41, 5.74) is 0.147. The second kappa shape index (κ2) is 13.0. The average molecular weight is 535 g/mol. The topological polar surface area (TPSA) is 103 Å². The van der Waals surface area contributed by atoms with Crippen LogP contribution in [0.4, 0.5) is 4.79 Å². The van der Waals surface area contributed by atoms with Crippen molar-refractivity contribution in [3.63, 3.8) is 0 Å². The number of esters is 1. The third-order valence-corrected chi connectivity index (χ3v) is 6.98. The number of methoxy groups -OCH3 is 2. The Balaban J connectivity index is 2.19. The molecule has 0 radical (unpaired) electrons. The third-order valence-electron chi connectivity index (χ3n) is 4.57. The summed E-state index contributed by atoms with van der Waals surface area (Å²) >= 11 is -0.205. The number of benzene rings is 2. The Morgan fingerprint density at radius 3 is 2.18 bits per heavy atom. The first-order valence-corrected chi connectivity index (χ1v) is 12.9. The number of alkyl carbamates (subject to hydrolysis) is 1. The first-order chi connectivity index (χ1) is 16.1. The van der Waals surface area contributed by atoms with Crippen LogP contribution in [-0.2, 0) is 25.5 Å². The molecule has 2 rings (SSSR count). The van der Waals surface area contributed by atoms with Crippen LogP contribution >= 0.6 is 0 Å². The van der Waals surface area contributed by atoms with Gasteiger partial charge < -0.3 is 0 Å². The molecule has 0 aliphatic carbocycles. The van der Waals surface area contributed by atoms with Gasteiger partial charge in [-0.15, -0.1) is 0 Å². The predicted octanol–water partition coefficient (Wildman–Crippen LogP) is 2.24. The molecule has 0 saturated heterocycles. The maximum absolute atomic E-state index is 13.2. The quantitative estimate of drug-likeness (QED) is 0.358. The molecule has 0 saturated carbocycles. The summed E-state index contributed by atoms with van der Waals surface area (Å²) < 4.78 is 16.6. The van der Waals surface area contributed by atoms with Gasteiger partial charge >= 0.3 is 207 Å². The van der Waals surface area contributed by atoms with Gasteiger partial charge in [0.1, 0.15) is 0 Å². The Kier molecular flexibility index (Phi) is 10.4. The van der Waals surface area contributed by atoms with Crippen molar-refractivity contribution in [1.82, 2.24) is 10.6 Å². The number of amides is 2. The van der Waals surface area contributed by atoms with Gasteiger partial charge in [-0.2, -0.15) is 0 Å². The summed E-state index contributed by atoms with van der Waals surface area (Å²) in [6, 6.07) is 15.0. The standard InChI is InChI=1S/C25H32N2O6Se/c1-25(2,3)33-24(30)27-19(16-34-21-14-10-9-13-20(21)31-4)22(28)26-18(23(29)32-5)15-17-11-7-6-8-12-17/h6-14,18-19H,15-16H2,1-5H3,(H,26,28)(H,27,30)/t18-,19-/m0/s1. The molecular formula is C25H32N2O6Se. The van der Waals surface area contributed by atoms with Crippen LogP contribution in [0.2, 0.25) is 5.32 Å². The van der Waals surface area contributed by atoms with Gasteiger partial charge in [-0.3, -0.25) is 0 Å². The number of ether oxygens (including phenoxy) is 3. The van der Waals surface area contributed by atoms with E-state index in [-0.39, 0.29) is 21.4 Å². The first-order valence-electron chi connectivity index (χ1n) is 10.8. The summed E-state index contributed by atoms with van der Waals surface area (Å²) in [5, 5.41) is 5.73. The monoisotopic (exact) mass is 536 g/mol. The Bertz CT molecular complexity index is 961. The van der Waals surface area contributed by atoms with Crippen LogP contribution in [0.1, 0.15) is 26.3 Å². The van der Waals surface area contributed by atoms with E-state index in [1.165, 1.54) is 7.11 Å². The van der Waals surface area contributed by atoms with E-state index >= 15 is 0 Å². The Morgan fingerprint density at radius 1 is 0.912 bits per heavy atom. The van der Waals surface area contributed by atoms with Gasteiger partial charge in [0, 0.05) is 0 Å². The fraction of sp³-hybridized carbons (Fsp3) is 0.400. The van der Waals surface area contributed by atoms with Crippen LogP contribution in [0.25, 0.3) is 0 Å². The SMILES string of the molecule is COC(=O)[C@H](Cc1ccccc1)NC(=O)[C@H](C[Se]c1ccccc1OC)NC(=O)OC(C)(C)C. The minimum absolute atomic E-state index is 0.205. The van der Waals surface area contributed by atoms with Crippen molar-refractivity contribution in [2.75, 3.05) is 14.2 Å². The number of carbonyl (C=O) groups is 3. The normalized spacial score (nSPS) is 12.7. The van der Waals surface area contributed by atoms with Gasteiger partial charge in [0.25, 0.3) is 0 Å². The van der Waals surface area contributed by atoms with Crippen LogP contribution < -0.4 is 19.8 Å². The molecule has 8 nitrogen and oxygen atoms in total. The molecule has 2 aromatic carbocycles. The molecule has 2 amide bonds. The molecule has 0 bridgehead atoms. The van der Waals surface area contributed by atoms with Crippen LogP contribution in [0.15, 0.2) is 54.6 Å².